The van der Waals surface area contributed by atoms with Gasteiger partial charge in [-0.05, 0) is 6.42 Å². The molecule has 0 amide bonds. The molecule has 0 aliphatic rings. The summed E-state index contributed by atoms with van der Waals surface area (Å²) in [6, 6.07) is 0. The number of ether oxygens (including phenoxy) is 1. The van der Waals surface area contributed by atoms with E-state index in [4.69, 9.17) is 5.11 Å². The Morgan fingerprint density at radius 3 is 2.00 bits per heavy atom. The van der Waals surface area contributed by atoms with Crippen LogP contribution in [0.15, 0.2) is 24.8 Å². The van der Waals surface area contributed by atoms with Crippen molar-refractivity contribution in [3.05, 3.63) is 24.8 Å². The Kier molecular flexibility index (Phi) is 9.15. The van der Waals surface area contributed by atoms with Crippen LogP contribution in [-0.2, 0) is 14.3 Å². The maximum atomic E-state index is 9.84. The van der Waals surface area contributed by atoms with Gasteiger partial charge in [0.1, 0.15) is 0 Å². The molecule has 1 N–H and O–H groups in total. The van der Waals surface area contributed by atoms with E-state index >= 15 is 0 Å². The smallest absolute Gasteiger partial charge is 0.330 e. The largest absolute Gasteiger partial charge is 0.478 e. The van der Waals surface area contributed by atoms with Gasteiger partial charge in [-0.15, -0.1) is 0 Å². The van der Waals surface area contributed by atoms with Gasteiger partial charge in [-0.2, -0.15) is 0 Å². The number of carbonyl (C=O) groups excluding carboxylic acids is 1. The quantitative estimate of drug-likeness (QED) is 0.534. The average molecular weight is 186 g/mol. The van der Waals surface area contributed by atoms with Crippen molar-refractivity contribution in [3.8, 4) is 0 Å². The summed E-state index contributed by atoms with van der Waals surface area (Å²) in [6.07, 6.45) is 1.63. The van der Waals surface area contributed by atoms with Gasteiger partial charge in [0.05, 0.1) is 7.11 Å². The minimum Gasteiger partial charge on any atom is -0.478 e. The van der Waals surface area contributed by atoms with Crippen molar-refractivity contribution < 1.29 is 19.4 Å². The van der Waals surface area contributed by atoms with Crippen LogP contribution in [0.5, 0.6) is 0 Å². The molecule has 0 aromatic heterocycles. The number of aliphatic carboxylic acids is 1. The Balaban J connectivity index is 0. The van der Waals surface area contributed by atoms with Crippen LogP contribution in [0.1, 0.15) is 13.3 Å². The molecule has 0 unspecified atom stereocenters. The molecule has 0 saturated heterocycles. The number of carboxylic acid groups (broad SMARTS) is 1. The molecule has 4 nitrogen and oxygen atoms in total. The van der Waals surface area contributed by atoms with Crippen LogP contribution >= 0.6 is 0 Å². The van der Waals surface area contributed by atoms with Gasteiger partial charge in [-0.25, -0.2) is 9.59 Å². The van der Waals surface area contributed by atoms with Gasteiger partial charge < -0.3 is 9.84 Å². The van der Waals surface area contributed by atoms with Crippen LogP contribution < -0.4 is 0 Å². The average Bonchev–Trinajstić information content (AvgIpc) is 2.16. The van der Waals surface area contributed by atoms with Gasteiger partial charge in [-0.1, -0.05) is 20.1 Å². The standard InChI is InChI=1S/C5H8O2.C4H6O2/c1-3-4(2)5(6)7;1-3-4(5)6-2/h2-3H2,1H3,(H,6,7);3H,1H2,2H3. The van der Waals surface area contributed by atoms with E-state index in [1.54, 1.807) is 6.92 Å². The fourth-order valence-corrected chi connectivity index (χ4v) is 0.235. The van der Waals surface area contributed by atoms with Crippen molar-refractivity contribution in [2.45, 2.75) is 13.3 Å². The van der Waals surface area contributed by atoms with Crippen LogP contribution in [0.2, 0.25) is 0 Å². The molecule has 0 radical (unpaired) electrons. The second-order valence-corrected chi connectivity index (χ2v) is 1.99. The molecule has 74 valence electrons. The summed E-state index contributed by atoms with van der Waals surface area (Å²) in [5, 5.41) is 8.08. The molecule has 0 heterocycles. The Morgan fingerprint density at radius 2 is 2.00 bits per heavy atom. The molecular formula is C9H14O4. The normalized spacial score (nSPS) is 7.54. The zero-order chi connectivity index (χ0) is 10.9. The predicted molar refractivity (Wildman–Crippen MR) is 49.3 cm³/mol. The first kappa shape index (κ1) is 14.0. The number of hydrogen-bond donors (Lipinski definition) is 1. The molecule has 0 bridgehead atoms. The number of carboxylic acids is 1. The topological polar surface area (TPSA) is 63.6 Å². The molecule has 0 aliphatic carbocycles. The minimum atomic E-state index is -0.900. The Hall–Kier alpha value is -1.58. The Labute approximate surface area is 77.5 Å². The second-order valence-electron chi connectivity index (χ2n) is 1.99. The highest BCUT2D eigenvalue weighted by atomic mass is 16.5. The summed E-state index contributed by atoms with van der Waals surface area (Å²) in [4.78, 5) is 19.7. The lowest BCUT2D eigenvalue weighted by atomic mass is 10.2. The van der Waals surface area contributed by atoms with Gasteiger partial charge in [0.25, 0.3) is 0 Å². The summed E-state index contributed by atoms with van der Waals surface area (Å²) >= 11 is 0. The molecule has 0 atom stereocenters. The van der Waals surface area contributed by atoms with Crippen LogP contribution in [0.3, 0.4) is 0 Å². The fraction of sp³-hybridized carbons (Fsp3) is 0.333. The molecular weight excluding hydrogens is 172 g/mol. The molecule has 0 aromatic rings. The Morgan fingerprint density at radius 1 is 1.54 bits per heavy atom. The molecule has 0 aliphatic heterocycles. The van der Waals surface area contributed by atoms with Crippen molar-refractivity contribution in [1.29, 1.82) is 0 Å². The summed E-state index contributed by atoms with van der Waals surface area (Å²) in [6.45, 7) is 8.19. The minimum absolute atomic E-state index is 0.264. The maximum Gasteiger partial charge on any atom is 0.330 e. The first-order valence-electron chi connectivity index (χ1n) is 3.61. The van der Waals surface area contributed by atoms with Gasteiger partial charge in [0.15, 0.2) is 0 Å². The van der Waals surface area contributed by atoms with Crippen molar-refractivity contribution in [1.82, 2.24) is 0 Å². The monoisotopic (exact) mass is 186 g/mol. The maximum absolute atomic E-state index is 9.84. The molecule has 0 spiro atoms. The van der Waals surface area contributed by atoms with E-state index in [0.29, 0.717) is 6.42 Å². The molecule has 4 heteroatoms. The van der Waals surface area contributed by atoms with Crippen molar-refractivity contribution >= 4 is 11.9 Å². The molecule has 13 heavy (non-hydrogen) atoms. The van der Waals surface area contributed by atoms with E-state index in [1.165, 1.54) is 7.11 Å². The van der Waals surface area contributed by atoms with Crippen LogP contribution in [-0.4, -0.2) is 24.2 Å². The van der Waals surface area contributed by atoms with Crippen molar-refractivity contribution in [2.75, 3.05) is 7.11 Å². The molecule has 0 fully saturated rings. The third kappa shape index (κ3) is 10.4. The summed E-state index contributed by atoms with van der Waals surface area (Å²) < 4.78 is 4.14. The molecule has 0 aromatic carbocycles. The summed E-state index contributed by atoms with van der Waals surface area (Å²) in [5.41, 5.74) is 0.264. The van der Waals surface area contributed by atoms with E-state index in [2.05, 4.69) is 17.9 Å². The fourth-order valence-electron chi connectivity index (χ4n) is 0.235. The zero-order valence-corrected chi connectivity index (χ0v) is 7.87. The SMILES string of the molecule is C=C(CC)C(=O)O.C=CC(=O)OC. The first-order chi connectivity index (χ1) is 5.99. The van der Waals surface area contributed by atoms with Gasteiger partial charge in [0, 0.05) is 11.6 Å². The number of carbonyl (C=O) groups is 2. The van der Waals surface area contributed by atoms with E-state index in [9.17, 15) is 9.59 Å². The highest BCUT2D eigenvalue weighted by Gasteiger charge is 1.96. The summed E-state index contributed by atoms with van der Waals surface area (Å²) in [5.74, 6) is -1.29. The lowest BCUT2D eigenvalue weighted by molar-refractivity contribution is -0.135. The lowest BCUT2D eigenvalue weighted by Gasteiger charge is -1.87. The first-order valence-corrected chi connectivity index (χ1v) is 3.61. The van der Waals surface area contributed by atoms with Crippen LogP contribution in [0.4, 0.5) is 0 Å². The van der Waals surface area contributed by atoms with Crippen molar-refractivity contribution in [2.24, 2.45) is 0 Å². The van der Waals surface area contributed by atoms with E-state index in [0.717, 1.165) is 6.08 Å². The number of esters is 1. The summed E-state index contributed by atoms with van der Waals surface area (Å²) in [7, 11) is 1.31. The predicted octanol–water partition coefficient (Wildman–Crippen LogP) is 1.38. The molecule has 0 saturated carbocycles. The highest BCUT2D eigenvalue weighted by Crippen LogP contribution is 1.93. The van der Waals surface area contributed by atoms with Crippen molar-refractivity contribution in [3.63, 3.8) is 0 Å². The second kappa shape index (κ2) is 8.52. The lowest BCUT2D eigenvalue weighted by Crippen LogP contribution is -1.95. The van der Waals surface area contributed by atoms with E-state index in [-0.39, 0.29) is 5.57 Å². The zero-order valence-electron chi connectivity index (χ0n) is 7.87. The van der Waals surface area contributed by atoms with Crippen LogP contribution in [0, 0.1) is 0 Å². The number of hydrogen-bond acceptors (Lipinski definition) is 3. The van der Waals surface area contributed by atoms with E-state index < -0.39 is 11.9 Å². The van der Waals surface area contributed by atoms with E-state index in [1.807, 2.05) is 0 Å². The highest BCUT2D eigenvalue weighted by molar-refractivity contribution is 5.85. The van der Waals surface area contributed by atoms with Gasteiger partial charge >= 0.3 is 11.9 Å². The third-order valence-electron chi connectivity index (χ3n) is 1.10. The number of methoxy groups -OCH3 is 1. The van der Waals surface area contributed by atoms with Gasteiger partial charge in [0.2, 0.25) is 0 Å². The Bertz CT molecular complexity index is 206. The van der Waals surface area contributed by atoms with Gasteiger partial charge in [-0.3, -0.25) is 0 Å². The van der Waals surface area contributed by atoms with Crippen LogP contribution in [0.25, 0.3) is 0 Å². The molecule has 0 rings (SSSR count). The number of rotatable bonds is 3. The third-order valence-corrected chi connectivity index (χ3v) is 1.10.